The summed E-state index contributed by atoms with van der Waals surface area (Å²) in [6, 6.07) is 6.44. The van der Waals surface area contributed by atoms with Gasteiger partial charge in [0, 0.05) is 43.0 Å². The minimum Gasteiger partial charge on any atom is -0.462 e. The van der Waals surface area contributed by atoms with E-state index in [4.69, 9.17) is 25.9 Å². The molecule has 11 heteroatoms. The molecule has 41 heavy (non-hydrogen) atoms. The summed E-state index contributed by atoms with van der Waals surface area (Å²) in [5, 5.41) is 17.7. The maximum Gasteiger partial charge on any atom is 0.321 e. The molecule has 2 fully saturated rings. The first-order chi connectivity index (χ1) is 20.0. The Morgan fingerprint density at radius 3 is 2.93 bits per heavy atom. The number of piperazine rings is 1. The number of aromatic nitrogens is 4. The molecule has 2 saturated heterocycles. The van der Waals surface area contributed by atoms with Crippen molar-refractivity contribution in [3.05, 3.63) is 41.1 Å². The molecule has 11 nitrogen and oxygen atoms in total. The number of H-pyrrole nitrogens is 1. The molecule has 3 aliphatic rings. The summed E-state index contributed by atoms with van der Waals surface area (Å²) in [5.41, 5.74) is 3.80. The Balaban J connectivity index is 1.35. The van der Waals surface area contributed by atoms with Crippen molar-refractivity contribution >= 4 is 28.4 Å². The van der Waals surface area contributed by atoms with E-state index in [1.807, 2.05) is 31.3 Å². The summed E-state index contributed by atoms with van der Waals surface area (Å²) in [5.74, 6) is 3.63. The minimum atomic E-state index is -0.404. The second kappa shape index (κ2) is 11.1. The lowest BCUT2D eigenvalue weighted by molar-refractivity contribution is -0.127. The number of hydrogen-bond donors (Lipinski definition) is 1. The van der Waals surface area contributed by atoms with Gasteiger partial charge in [-0.2, -0.15) is 20.3 Å². The lowest BCUT2D eigenvalue weighted by atomic mass is 9.99. The van der Waals surface area contributed by atoms with Crippen LogP contribution in [0.1, 0.15) is 36.0 Å². The third kappa shape index (κ3) is 5.05. The van der Waals surface area contributed by atoms with Crippen molar-refractivity contribution in [1.82, 2.24) is 30.0 Å². The maximum absolute atomic E-state index is 12.4. The van der Waals surface area contributed by atoms with Gasteiger partial charge in [-0.3, -0.25) is 9.89 Å². The van der Waals surface area contributed by atoms with Crippen LogP contribution in [0, 0.1) is 30.6 Å². The normalized spacial score (nSPS) is 20.6. The second-order valence-corrected chi connectivity index (χ2v) is 10.8. The zero-order valence-electron chi connectivity index (χ0n) is 23.3. The van der Waals surface area contributed by atoms with E-state index in [-0.39, 0.29) is 18.5 Å². The Kier molecular flexibility index (Phi) is 7.21. The van der Waals surface area contributed by atoms with Crippen LogP contribution in [0.25, 0.3) is 16.7 Å². The molecule has 210 valence electrons. The van der Waals surface area contributed by atoms with Crippen LogP contribution in [0.4, 0.5) is 5.82 Å². The van der Waals surface area contributed by atoms with Gasteiger partial charge in [0.15, 0.2) is 0 Å². The topological polar surface area (TPSA) is 124 Å². The monoisotopic (exact) mass is 552 g/mol. The third-order valence-corrected chi connectivity index (χ3v) is 8.27. The molecule has 2 aromatic heterocycles. The summed E-state index contributed by atoms with van der Waals surface area (Å²) < 4.78 is 12.7. The highest BCUT2D eigenvalue weighted by atomic mass is 16.5. The molecule has 0 radical (unpaired) electrons. The second-order valence-electron chi connectivity index (χ2n) is 10.8. The Morgan fingerprint density at radius 2 is 2.15 bits per heavy atom. The van der Waals surface area contributed by atoms with Gasteiger partial charge in [0.1, 0.15) is 18.2 Å². The number of amides is 1. The van der Waals surface area contributed by atoms with Gasteiger partial charge in [0.25, 0.3) is 5.91 Å². The van der Waals surface area contributed by atoms with Crippen LogP contribution in [-0.4, -0.2) is 87.8 Å². The van der Waals surface area contributed by atoms with Crippen LogP contribution in [0.5, 0.6) is 11.9 Å². The van der Waals surface area contributed by atoms with Crippen LogP contribution in [0.3, 0.4) is 0 Å². The molecule has 2 atom stereocenters. The number of aromatic amines is 1. The van der Waals surface area contributed by atoms with E-state index in [9.17, 15) is 10.1 Å². The van der Waals surface area contributed by atoms with E-state index in [1.54, 1.807) is 4.90 Å². The number of benzene rings is 1. The highest BCUT2D eigenvalue weighted by Crippen LogP contribution is 2.39. The number of fused-ring (bicyclic) bond motifs is 2. The molecule has 0 aliphatic carbocycles. The van der Waals surface area contributed by atoms with Gasteiger partial charge in [-0.25, -0.2) is 0 Å². The third-order valence-electron chi connectivity index (χ3n) is 8.27. The number of hydrogen-bond acceptors (Lipinski definition) is 9. The van der Waals surface area contributed by atoms with Gasteiger partial charge in [-0.05, 0) is 57.0 Å². The first-order valence-corrected chi connectivity index (χ1v) is 13.9. The summed E-state index contributed by atoms with van der Waals surface area (Å²) in [6.07, 6.45) is 12.2. The molecule has 1 N–H and O–H groups in total. The fraction of sp³-hybridized carbons (Fsp3) is 0.433. The van der Waals surface area contributed by atoms with Crippen molar-refractivity contribution in [2.45, 2.75) is 44.7 Å². The Morgan fingerprint density at radius 1 is 1.27 bits per heavy atom. The van der Waals surface area contributed by atoms with Crippen molar-refractivity contribution < 1.29 is 14.3 Å². The predicted molar refractivity (Wildman–Crippen MR) is 153 cm³/mol. The lowest BCUT2D eigenvalue weighted by Gasteiger charge is -2.41. The fourth-order valence-electron chi connectivity index (χ4n) is 6.01. The van der Waals surface area contributed by atoms with Gasteiger partial charge in [0.05, 0.1) is 35.8 Å². The van der Waals surface area contributed by atoms with Crippen LogP contribution >= 0.6 is 0 Å². The number of likely N-dealkylation sites (tertiary alicyclic amines) is 1. The molecule has 0 saturated carbocycles. The Hall–Kier alpha value is -4.61. The van der Waals surface area contributed by atoms with Gasteiger partial charge in [0.2, 0.25) is 5.88 Å². The number of anilines is 1. The van der Waals surface area contributed by atoms with Crippen LogP contribution in [0.2, 0.25) is 0 Å². The fourth-order valence-corrected chi connectivity index (χ4v) is 6.01. The van der Waals surface area contributed by atoms with Crippen molar-refractivity contribution in [3.8, 4) is 30.3 Å². The summed E-state index contributed by atoms with van der Waals surface area (Å²) in [6.45, 7) is 4.88. The van der Waals surface area contributed by atoms with Crippen molar-refractivity contribution in [1.29, 1.82) is 5.26 Å². The number of allylic oxidation sites excluding steroid dienone is 1. The predicted octanol–water partition coefficient (Wildman–Crippen LogP) is 2.67. The number of nitriles is 1. The van der Waals surface area contributed by atoms with E-state index in [1.165, 1.54) is 0 Å². The first kappa shape index (κ1) is 26.6. The van der Waals surface area contributed by atoms with Gasteiger partial charge in [-0.1, -0.05) is 6.07 Å². The molecule has 0 bridgehead atoms. The number of carbonyl (C=O) groups is 1. The molecule has 3 aliphatic heterocycles. The Labute approximate surface area is 238 Å². The number of nitrogens with zero attached hydrogens (tertiary/aromatic N) is 7. The highest BCUT2D eigenvalue weighted by Gasteiger charge is 2.34. The molecule has 1 amide bonds. The average molecular weight is 553 g/mol. The number of rotatable bonds is 6. The van der Waals surface area contributed by atoms with Crippen LogP contribution in [-0.2, 0) is 11.2 Å². The largest absolute Gasteiger partial charge is 0.462 e. The molecule has 3 aromatic rings. The summed E-state index contributed by atoms with van der Waals surface area (Å²) in [7, 11) is 2.10. The number of likely N-dealkylation sites (N-methyl/N-ethyl adjacent to an activating group) is 1. The quantitative estimate of drug-likeness (QED) is 0.460. The maximum atomic E-state index is 12.4. The summed E-state index contributed by atoms with van der Waals surface area (Å²) in [4.78, 5) is 27.9. The molecule has 6 rings (SSSR count). The highest BCUT2D eigenvalue weighted by molar-refractivity contribution is 5.93. The molecule has 0 spiro atoms. The SMILES string of the molecule is C#CC(=O)N1CCN(c2nc(OC[C@@H]3CCCN3C)nc3c2CC=C(c2c(C)ccc4[nH]ncc24)O3)C[C@@H]1CC#N. The molecular formula is C30H32N8O3. The molecule has 0 unspecified atom stereocenters. The zero-order valence-corrected chi connectivity index (χ0v) is 23.3. The number of aryl methyl sites for hydroxylation is 1. The van der Waals surface area contributed by atoms with E-state index < -0.39 is 5.91 Å². The van der Waals surface area contributed by atoms with Crippen molar-refractivity contribution in [2.24, 2.45) is 0 Å². The van der Waals surface area contributed by atoms with E-state index in [0.717, 1.165) is 47.0 Å². The zero-order chi connectivity index (χ0) is 28.5. The number of nitrogens with one attached hydrogen (secondary N) is 1. The van der Waals surface area contributed by atoms with Gasteiger partial charge in [-0.15, -0.1) is 6.42 Å². The minimum absolute atomic E-state index is 0.170. The standard InChI is InChI=1S/C30H32N8O3/c1-4-26(39)38-15-14-37(17-20(38)11-12-31)28-22-8-10-25(27-19(2)7-9-24-23(27)16-32-35-24)41-29(22)34-30(33-28)40-18-21-6-5-13-36(21)3/h1,7,9-10,16,20-21H,5-6,8,11,13-15,17-18H2,2-3H3,(H,32,35)/t20-,21-/m0/s1. The molecular weight excluding hydrogens is 520 g/mol. The van der Waals surface area contributed by atoms with E-state index >= 15 is 0 Å². The van der Waals surface area contributed by atoms with E-state index in [0.29, 0.717) is 56.2 Å². The van der Waals surface area contributed by atoms with E-state index in [2.05, 4.69) is 39.0 Å². The number of terminal acetylenes is 1. The van der Waals surface area contributed by atoms with Gasteiger partial charge < -0.3 is 24.2 Å². The smallest absolute Gasteiger partial charge is 0.321 e. The molecule has 1 aromatic carbocycles. The lowest BCUT2D eigenvalue weighted by Crippen LogP contribution is -2.55. The number of ether oxygens (including phenoxy) is 2. The van der Waals surface area contributed by atoms with Crippen LogP contribution < -0.4 is 14.4 Å². The number of carbonyl (C=O) groups excluding carboxylic acids is 1. The van der Waals surface area contributed by atoms with Crippen molar-refractivity contribution in [3.63, 3.8) is 0 Å². The average Bonchev–Trinajstić information content (AvgIpc) is 3.63. The van der Waals surface area contributed by atoms with Gasteiger partial charge >= 0.3 is 6.01 Å². The molecule has 5 heterocycles. The summed E-state index contributed by atoms with van der Waals surface area (Å²) >= 11 is 0. The Bertz CT molecular complexity index is 1600. The first-order valence-electron chi connectivity index (χ1n) is 13.9. The van der Waals surface area contributed by atoms with Crippen molar-refractivity contribution in [2.75, 3.05) is 44.7 Å². The van der Waals surface area contributed by atoms with Crippen LogP contribution in [0.15, 0.2) is 24.4 Å².